The Labute approximate surface area is 115 Å². The minimum Gasteiger partial charge on any atom is -0.330 e. The lowest BCUT2D eigenvalue weighted by molar-refractivity contribution is 0.967. The molecule has 2 aromatic carbocycles. The van der Waals surface area contributed by atoms with Crippen molar-refractivity contribution in [1.29, 1.82) is 0 Å². The normalized spacial score (nSPS) is 11.0. The third kappa shape index (κ3) is 2.20. The first kappa shape index (κ1) is 12.1. The minimum atomic E-state index is 0.0483. The highest BCUT2D eigenvalue weighted by Crippen LogP contribution is 2.20. The molecule has 0 bridgehead atoms. The highest BCUT2D eigenvalue weighted by atomic mass is 32.1. The molecule has 0 saturated heterocycles. The molecule has 96 valence electrons. The average molecular weight is 270 g/mol. The van der Waals surface area contributed by atoms with Crippen molar-refractivity contribution in [3.05, 3.63) is 64.4 Å². The molecule has 1 heterocycles. The largest absolute Gasteiger partial charge is 0.330 e. The van der Waals surface area contributed by atoms with Crippen molar-refractivity contribution in [3.8, 4) is 5.69 Å². The van der Waals surface area contributed by atoms with Gasteiger partial charge < -0.3 is 5.73 Å². The number of aromatic nitrogens is 1. The van der Waals surface area contributed by atoms with Crippen molar-refractivity contribution < 1.29 is 0 Å². The Morgan fingerprint density at radius 1 is 1.05 bits per heavy atom. The Balaban J connectivity index is 2.09. The van der Waals surface area contributed by atoms with Crippen LogP contribution in [0.15, 0.2) is 53.3 Å². The van der Waals surface area contributed by atoms with Gasteiger partial charge in [0.05, 0.1) is 15.8 Å². The van der Waals surface area contributed by atoms with Crippen molar-refractivity contribution in [2.75, 3.05) is 6.54 Å². The fourth-order valence-corrected chi connectivity index (χ4v) is 3.10. The molecule has 0 unspecified atom stereocenters. The van der Waals surface area contributed by atoms with Crippen LogP contribution in [0.5, 0.6) is 0 Å². The van der Waals surface area contributed by atoms with E-state index in [0.29, 0.717) is 6.54 Å². The topological polar surface area (TPSA) is 48.0 Å². The molecule has 0 aliphatic rings. The quantitative estimate of drug-likeness (QED) is 0.795. The van der Waals surface area contributed by atoms with Gasteiger partial charge in [0.1, 0.15) is 0 Å². The monoisotopic (exact) mass is 270 g/mol. The molecule has 2 N–H and O–H groups in total. The first-order valence-electron chi connectivity index (χ1n) is 6.20. The Hall–Kier alpha value is -1.91. The number of hydrogen-bond acceptors (Lipinski definition) is 3. The van der Waals surface area contributed by atoms with Gasteiger partial charge in [0, 0.05) is 0 Å². The van der Waals surface area contributed by atoms with Crippen LogP contribution in [-0.4, -0.2) is 10.5 Å². The summed E-state index contributed by atoms with van der Waals surface area (Å²) in [6.07, 6.45) is 0.863. The van der Waals surface area contributed by atoms with Crippen LogP contribution in [0.2, 0.25) is 0 Å². The van der Waals surface area contributed by atoms with Crippen molar-refractivity contribution in [2.24, 2.45) is 5.73 Å². The maximum atomic E-state index is 12.3. The van der Waals surface area contributed by atoms with E-state index < -0.39 is 0 Å². The number of rotatable bonds is 3. The second-order valence-corrected chi connectivity index (χ2v) is 5.38. The minimum absolute atomic E-state index is 0.0483. The summed E-state index contributed by atoms with van der Waals surface area (Å²) in [4.78, 5) is 12.3. The first-order chi connectivity index (χ1) is 9.29. The van der Waals surface area contributed by atoms with E-state index >= 15 is 0 Å². The van der Waals surface area contributed by atoms with Gasteiger partial charge in [-0.15, -0.1) is 0 Å². The van der Waals surface area contributed by atoms with Gasteiger partial charge >= 0.3 is 0 Å². The maximum Gasteiger partial charge on any atom is 0.273 e. The Bertz CT molecular complexity index is 756. The van der Waals surface area contributed by atoms with Gasteiger partial charge in [0.25, 0.3) is 5.56 Å². The van der Waals surface area contributed by atoms with Crippen molar-refractivity contribution in [2.45, 2.75) is 6.42 Å². The smallest absolute Gasteiger partial charge is 0.273 e. The Morgan fingerprint density at radius 3 is 2.47 bits per heavy atom. The van der Waals surface area contributed by atoms with Crippen LogP contribution in [0.4, 0.5) is 0 Å². The van der Waals surface area contributed by atoms with Crippen LogP contribution < -0.4 is 11.3 Å². The standard InChI is InChI=1S/C15H14N2OS/c16-10-9-11-5-7-12(8-6-11)17-15(18)13-3-1-2-4-14(13)19-17/h1-8H,9-10,16H2. The van der Waals surface area contributed by atoms with Gasteiger partial charge in [0.2, 0.25) is 0 Å². The Morgan fingerprint density at radius 2 is 1.79 bits per heavy atom. The zero-order valence-electron chi connectivity index (χ0n) is 10.4. The number of nitrogens with two attached hydrogens (primary N) is 1. The molecule has 0 radical (unpaired) electrons. The van der Waals surface area contributed by atoms with E-state index in [1.807, 2.05) is 48.5 Å². The molecule has 3 nitrogen and oxygen atoms in total. The van der Waals surface area contributed by atoms with E-state index in [4.69, 9.17) is 5.73 Å². The van der Waals surface area contributed by atoms with Crippen LogP contribution in [0.1, 0.15) is 5.56 Å². The molecule has 4 heteroatoms. The van der Waals surface area contributed by atoms with E-state index in [-0.39, 0.29) is 5.56 Å². The molecule has 19 heavy (non-hydrogen) atoms. The fourth-order valence-electron chi connectivity index (χ4n) is 2.11. The summed E-state index contributed by atoms with van der Waals surface area (Å²) in [5.41, 5.74) is 7.68. The SMILES string of the molecule is NCCc1ccc(-n2sc3ccccc3c2=O)cc1. The molecule has 0 amide bonds. The molecular weight excluding hydrogens is 256 g/mol. The molecule has 0 atom stereocenters. The summed E-state index contributed by atoms with van der Waals surface area (Å²) in [6.45, 7) is 0.641. The van der Waals surface area contributed by atoms with Gasteiger partial charge in [0.15, 0.2) is 0 Å². The molecule has 3 aromatic rings. The lowest BCUT2D eigenvalue weighted by atomic mass is 10.1. The van der Waals surface area contributed by atoms with Gasteiger partial charge in [-0.05, 0) is 42.8 Å². The number of nitrogens with zero attached hydrogens (tertiary/aromatic N) is 1. The van der Waals surface area contributed by atoms with E-state index in [2.05, 4.69) is 0 Å². The fraction of sp³-hybridized carbons (Fsp3) is 0.133. The van der Waals surface area contributed by atoms with Gasteiger partial charge in [-0.3, -0.25) is 4.79 Å². The van der Waals surface area contributed by atoms with Gasteiger partial charge in [-0.25, -0.2) is 3.96 Å². The van der Waals surface area contributed by atoms with Crippen molar-refractivity contribution >= 4 is 21.6 Å². The van der Waals surface area contributed by atoms with Crippen LogP contribution in [0.25, 0.3) is 15.8 Å². The predicted octanol–water partition coefficient (Wildman–Crippen LogP) is 2.55. The second-order valence-electron chi connectivity index (χ2n) is 4.39. The van der Waals surface area contributed by atoms with Crippen LogP contribution in [0, 0.1) is 0 Å². The number of fused-ring (bicyclic) bond motifs is 1. The summed E-state index contributed by atoms with van der Waals surface area (Å²) in [5, 5.41) is 0.776. The highest BCUT2D eigenvalue weighted by molar-refractivity contribution is 7.14. The summed E-state index contributed by atoms with van der Waals surface area (Å²) in [6, 6.07) is 15.7. The average Bonchev–Trinajstić information content (AvgIpc) is 2.78. The molecule has 0 spiro atoms. The zero-order chi connectivity index (χ0) is 13.2. The van der Waals surface area contributed by atoms with E-state index in [1.165, 1.54) is 17.1 Å². The summed E-state index contributed by atoms with van der Waals surface area (Å²) < 4.78 is 2.75. The lowest BCUT2D eigenvalue weighted by Gasteiger charge is -2.02. The third-order valence-electron chi connectivity index (χ3n) is 3.10. The molecule has 0 aliphatic carbocycles. The first-order valence-corrected chi connectivity index (χ1v) is 6.97. The lowest BCUT2D eigenvalue weighted by Crippen LogP contribution is -2.10. The molecule has 0 aliphatic heterocycles. The zero-order valence-corrected chi connectivity index (χ0v) is 11.2. The van der Waals surface area contributed by atoms with Crippen LogP contribution >= 0.6 is 11.5 Å². The number of hydrogen-bond donors (Lipinski definition) is 1. The summed E-state index contributed by atoms with van der Waals surface area (Å²) in [7, 11) is 0. The molecule has 0 saturated carbocycles. The Kier molecular flexibility index (Phi) is 3.19. The van der Waals surface area contributed by atoms with Gasteiger partial charge in [-0.2, -0.15) is 0 Å². The van der Waals surface area contributed by atoms with Crippen molar-refractivity contribution in [1.82, 2.24) is 3.96 Å². The highest BCUT2D eigenvalue weighted by Gasteiger charge is 2.08. The maximum absolute atomic E-state index is 12.3. The summed E-state index contributed by atoms with van der Waals surface area (Å²) in [5.74, 6) is 0. The van der Waals surface area contributed by atoms with Crippen molar-refractivity contribution in [3.63, 3.8) is 0 Å². The second kappa shape index (κ2) is 4.99. The molecule has 3 rings (SSSR count). The number of benzene rings is 2. The van der Waals surface area contributed by atoms with E-state index in [1.54, 1.807) is 3.96 Å². The summed E-state index contributed by atoms with van der Waals surface area (Å²) >= 11 is 1.48. The van der Waals surface area contributed by atoms with Crippen LogP contribution in [0.3, 0.4) is 0 Å². The van der Waals surface area contributed by atoms with E-state index in [0.717, 1.165) is 22.2 Å². The molecule has 0 fully saturated rings. The molecule has 1 aromatic heterocycles. The molecular formula is C15H14N2OS. The predicted molar refractivity (Wildman–Crippen MR) is 80.2 cm³/mol. The van der Waals surface area contributed by atoms with Gasteiger partial charge in [-0.1, -0.05) is 35.8 Å². The van der Waals surface area contributed by atoms with Crippen LogP contribution in [-0.2, 0) is 6.42 Å². The van der Waals surface area contributed by atoms with E-state index in [9.17, 15) is 4.79 Å². The third-order valence-corrected chi connectivity index (χ3v) is 4.21.